The van der Waals surface area contributed by atoms with Crippen molar-refractivity contribution < 1.29 is 8.78 Å². The van der Waals surface area contributed by atoms with Crippen LogP contribution in [0.2, 0.25) is 0 Å². The summed E-state index contributed by atoms with van der Waals surface area (Å²) in [6.45, 7) is 0. The molecule has 0 spiro atoms. The first-order chi connectivity index (χ1) is 10.1. The molecule has 106 valence electrons. The smallest absolute Gasteiger partial charge is 0.126 e. The Hall–Kier alpha value is -1.81. The van der Waals surface area contributed by atoms with Crippen molar-refractivity contribution in [2.24, 2.45) is 0 Å². The molecule has 0 saturated heterocycles. The number of rotatable bonds is 3. The highest BCUT2D eigenvalue weighted by atomic mass is 79.9. The molecule has 1 unspecified atom stereocenters. The van der Waals surface area contributed by atoms with Gasteiger partial charge in [0.2, 0.25) is 0 Å². The van der Waals surface area contributed by atoms with Gasteiger partial charge in [0.1, 0.15) is 11.6 Å². The molecule has 0 N–H and O–H groups in total. The van der Waals surface area contributed by atoms with E-state index in [-0.39, 0.29) is 4.83 Å². The molecule has 3 aromatic rings. The number of pyridine rings is 1. The van der Waals surface area contributed by atoms with Gasteiger partial charge in [0, 0.05) is 28.4 Å². The lowest BCUT2D eigenvalue weighted by Gasteiger charge is -2.11. The Morgan fingerprint density at radius 1 is 0.952 bits per heavy atom. The van der Waals surface area contributed by atoms with E-state index in [9.17, 15) is 8.78 Å². The third kappa shape index (κ3) is 3.27. The van der Waals surface area contributed by atoms with Gasteiger partial charge in [0.15, 0.2) is 0 Å². The summed E-state index contributed by atoms with van der Waals surface area (Å²) in [5.41, 5.74) is 2.36. The van der Waals surface area contributed by atoms with Crippen LogP contribution in [0.5, 0.6) is 0 Å². The standard InChI is InChI=1S/C17H12BrF2N/c18-16(12-7-13(19)9-14(20)8-12)10-15-6-5-11-3-1-2-4-17(11)21-15/h1-9,16H,10H2. The highest BCUT2D eigenvalue weighted by Crippen LogP contribution is 2.28. The summed E-state index contributed by atoms with van der Waals surface area (Å²) in [5.74, 6) is -1.14. The minimum Gasteiger partial charge on any atom is -0.253 e. The second-order valence-corrected chi connectivity index (χ2v) is 5.98. The third-order valence-corrected chi connectivity index (χ3v) is 4.14. The highest BCUT2D eigenvalue weighted by molar-refractivity contribution is 9.09. The van der Waals surface area contributed by atoms with E-state index in [1.165, 1.54) is 12.1 Å². The van der Waals surface area contributed by atoms with Crippen molar-refractivity contribution in [2.75, 3.05) is 0 Å². The Balaban J connectivity index is 1.86. The van der Waals surface area contributed by atoms with E-state index in [0.29, 0.717) is 12.0 Å². The summed E-state index contributed by atoms with van der Waals surface area (Å²) < 4.78 is 26.5. The second-order valence-electron chi connectivity index (χ2n) is 4.87. The van der Waals surface area contributed by atoms with Crippen LogP contribution in [0.4, 0.5) is 8.78 Å². The molecule has 0 radical (unpaired) electrons. The van der Waals surface area contributed by atoms with Gasteiger partial charge in [-0.15, -0.1) is 0 Å². The SMILES string of the molecule is Fc1cc(F)cc(C(Br)Cc2ccc3ccccc3n2)c1. The lowest BCUT2D eigenvalue weighted by molar-refractivity contribution is 0.579. The fraction of sp³-hybridized carbons (Fsp3) is 0.118. The zero-order chi connectivity index (χ0) is 14.8. The maximum Gasteiger partial charge on any atom is 0.126 e. The summed E-state index contributed by atoms with van der Waals surface area (Å²) in [5, 5.41) is 1.07. The van der Waals surface area contributed by atoms with Gasteiger partial charge in [-0.1, -0.05) is 40.2 Å². The monoisotopic (exact) mass is 347 g/mol. The van der Waals surface area contributed by atoms with E-state index in [2.05, 4.69) is 20.9 Å². The topological polar surface area (TPSA) is 12.9 Å². The second kappa shape index (κ2) is 5.90. The molecule has 1 atom stereocenters. The predicted octanol–water partition coefficient (Wildman–Crippen LogP) is 5.19. The van der Waals surface area contributed by atoms with Crippen molar-refractivity contribution >= 4 is 26.8 Å². The summed E-state index contributed by atoms with van der Waals surface area (Å²) in [6.07, 6.45) is 0.563. The minimum absolute atomic E-state index is 0.184. The van der Waals surface area contributed by atoms with E-state index < -0.39 is 11.6 Å². The zero-order valence-electron chi connectivity index (χ0n) is 11.1. The van der Waals surface area contributed by atoms with Crippen molar-refractivity contribution in [1.82, 2.24) is 4.98 Å². The van der Waals surface area contributed by atoms with Crippen molar-refractivity contribution in [1.29, 1.82) is 0 Å². The molecule has 0 fully saturated rings. The molecule has 1 nitrogen and oxygen atoms in total. The van der Waals surface area contributed by atoms with Crippen molar-refractivity contribution in [2.45, 2.75) is 11.2 Å². The number of aromatic nitrogens is 1. The summed E-state index contributed by atoms with van der Waals surface area (Å²) in [4.78, 5) is 4.38. The van der Waals surface area contributed by atoms with E-state index in [4.69, 9.17) is 0 Å². The summed E-state index contributed by atoms with van der Waals surface area (Å²) >= 11 is 3.48. The van der Waals surface area contributed by atoms with Crippen molar-refractivity contribution in [3.63, 3.8) is 0 Å². The predicted molar refractivity (Wildman–Crippen MR) is 83.5 cm³/mol. The molecule has 0 aliphatic heterocycles. The number of hydrogen-bond acceptors (Lipinski definition) is 1. The molecule has 1 aromatic heterocycles. The van der Waals surface area contributed by atoms with Gasteiger partial charge in [-0.05, 0) is 29.8 Å². The van der Waals surface area contributed by atoms with Gasteiger partial charge in [0.05, 0.1) is 5.52 Å². The summed E-state index contributed by atoms with van der Waals surface area (Å²) in [6, 6.07) is 15.3. The molecule has 3 rings (SSSR count). The Labute approximate surface area is 129 Å². The molecule has 0 saturated carbocycles. The van der Waals surface area contributed by atoms with Crippen LogP contribution in [0.1, 0.15) is 16.1 Å². The Morgan fingerprint density at radius 3 is 2.43 bits per heavy atom. The lowest BCUT2D eigenvalue weighted by atomic mass is 10.1. The number of alkyl halides is 1. The maximum absolute atomic E-state index is 13.3. The van der Waals surface area contributed by atoms with Crippen LogP contribution in [0.25, 0.3) is 10.9 Å². The van der Waals surface area contributed by atoms with Gasteiger partial charge < -0.3 is 0 Å². The first-order valence-corrected chi connectivity index (χ1v) is 7.48. The number of para-hydroxylation sites is 1. The lowest BCUT2D eigenvalue weighted by Crippen LogP contribution is -1.99. The maximum atomic E-state index is 13.3. The molecule has 0 amide bonds. The van der Waals surface area contributed by atoms with Crippen molar-refractivity contribution in [3.8, 4) is 0 Å². The van der Waals surface area contributed by atoms with Gasteiger partial charge in [-0.25, -0.2) is 8.78 Å². The molecular weight excluding hydrogens is 336 g/mol. The van der Waals surface area contributed by atoms with Crippen LogP contribution in [0, 0.1) is 11.6 Å². The van der Waals surface area contributed by atoms with Crippen molar-refractivity contribution in [3.05, 3.63) is 77.5 Å². The van der Waals surface area contributed by atoms with Crippen LogP contribution in [0.15, 0.2) is 54.6 Å². The van der Waals surface area contributed by atoms with Crippen LogP contribution >= 0.6 is 15.9 Å². The van der Waals surface area contributed by atoms with Gasteiger partial charge in [0.25, 0.3) is 0 Å². The Bertz CT molecular complexity index is 768. The third-order valence-electron chi connectivity index (χ3n) is 3.29. The zero-order valence-corrected chi connectivity index (χ0v) is 12.6. The van der Waals surface area contributed by atoms with E-state index in [1.807, 2.05) is 36.4 Å². The number of halogens is 3. The van der Waals surface area contributed by atoms with E-state index >= 15 is 0 Å². The Kier molecular flexibility index (Phi) is 3.97. The van der Waals surface area contributed by atoms with Crippen LogP contribution in [-0.2, 0) is 6.42 Å². The van der Waals surface area contributed by atoms with Crippen LogP contribution < -0.4 is 0 Å². The Morgan fingerprint density at radius 2 is 1.67 bits per heavy atom. The molecular formula is C17H12BrF2N. The molecule has 21 heavy (non-hydrogen) atoms. The number of hydrogen-bond donors (Lipinski definition) is 0. The number of fused-ring (bicyclic) bond motifs is 1. The largest absolute Gasteiger partial charge is 0.253 e. The fourth-order valence-electron chi connectivity index (χ4n) is 2.28. The molecule has 2 aromatic carbocycles. The normalized spacial score (nSPS) is 12.5. The molecule has 0 aliphatic carbocycles. The molecule has 0 bridgehead atoms. The van der Waals surface area contributed by atoms with E-state index in [1.54, 1.807) is 0 Å². The summed E-state index contributed by atoms with van der Waals surface area (Å²) in [7, 11) is 0. The van der Waals surface area contributed by atoms with Gasteiger partial charge in [-0.2, -0.15) is 0 Å². The molecule has 4 heteroatoms. The molecule has 1 heterocycles. The van der Waals surface area contributed by atoms with Gasteiger partial charge in [-0.3, -0.25) is 4.98 Å². The first-order valence-electron chi connectivity index (χ1n) is 6.56. The van der Waals surface area contributed by atoms with Crippen LogP contribution in [0.3, 0.4) is 0 Å². The van der Waals surface area contributed by atoms with Crippen LogP contribution in [-0.4, -0.2) is 4.98 Å². The quantitative estimate of drug-likeness (QED) is 0.594. The highest BCUT2D eigenvalue weighted by Gasteiger charge is 2.12. The number of nitrogens with zero attached hydrogens (tertiary/aromatic N) is 1. The average molecular weight is 348 g/mol. The fourth-order valence-corrected chi connectivity index (χ4v) is 2.88. The minimum atomic E-state index is -0.569. The number of benzene rings is 2. The molecule has 0 aliphatic rings. The first kappa shape index (κ1) is 14.1. The average Bonchev–Trinajstić information content (AvgIpc) is 2.46. The van der Waals surface area contributed by atoms with Gasteiger partial charge >= 0.3 is 0 Å². The van der Waals surface area contributed by atoms with E-state index in [0.717, 1.165) is 22.7 Å².